The van der Waals surface area contributed by atoms with E-state index in [4.69, 9.17) is 0 Å². The predicted molar refractivity (Wildman–Crippen MR) is 65.7 cm³/mol. The van der Waals surface area contributed by atoms with Gasteiger partial charge in [-0.25, -0.2) is 4.98 Å². The fourth-order valence-corrected chi connectivity index (χ4v) is 1.65. The molecule has 0 fully saturated rings. The number of carbonyl (C=O) groups excluding carboxylic acids is 1. The van der Waals surface area contributed by atoms with Crippen LogP contribution in [0.5, 0.6) is 0 Å². The number of hydrogen-bond donors (Lipinski definition) is 2. The molecule has 4 nitrogen and oxygen atoms in total. The van der Waals surface area contributed by atoms with Crippen LogP contribution in [0.1, 0.15) is 27.3 Å². The number of H-pyrrole nitrogens is 1. The van der Waals surface area contributed by atoms with Gasteiger partial charge in [-0.1, -0.05) is 12.1 Å². The Balaban J connectivity index is 2.07. The number of aromatic amines is 1. The molecule has 0 aliphatic rings. The standard InChI is InChI=1S/C13H15N3O/c1-9-4-3-5-11(10(9)2)13(17)16-8-12-14-6-7-15-12/h3-7H,8H2,1-2H3,(H,14,15)(H,16,17). The molecule has 4 heteroatoms. The highest BCUT2D eigenvalue weighted by molar-refractivity contribution is 5.95. The molecule has 1 heterocycles. The van der Waals surface area contributed by atoms with Gasteiger partial charge in [0, 0.05) is 18.0 Å². The molecule has 2 rings (SSSR count). The van der Waals surface area contributed by atoms with Crippen LogP contribution in [0.15, 0.2) is 30.6 Å². The van der Waals surface area contributed by atoms with E-state index in [1.54, 1.807) is 12.4 Å². The lowest BCUT2D eigenvalue weighted by molar-refractivity contribution is 0.0949. The number of nitrogens with zero attached hydrogens (tertiary/aromatic N) is 1. The molecule has 0 saturated carbocycles. The van der Waals surface area contributed by atoms with E-state index in [1.807, 2.05) is 32.0 Å². The molecule has 17 heavy (non-hydrogen) atoms. The summed E-state index contributed by atoms with van der Waals surface area (Å²) in [5.74, 6) is 0.686. The molecule has 0 aliphatic heterocycles. The second-order valence-corrected chi connectivity index (χ2v) is 3.97. The Labute approximate surface area is 100 Å². The van der Waals surface area contributed by atoms with Crippen molar-refractivity contribution in [3.05, 3.63) is 53.1 Å². The zero-order valence-corrected chi connectivity index (χ0v) is 9.95. The minimum Gasteiger partial charge on any atom is -0.347 e. The molecule has 0 bridgehead atoms. The second-order valence-electron chi connectivity index (χ2n) is 3.97. The highest BCUT2D eigenvalue weighted by Gasteiger charge is 2.09. The van der Waals surface area contributed by atoms with Gasteiger partial charge in [-0.05, 0) is 31.0 Å². The fourth-order valence-electron chi connectivity index (χ4n) is 1.65. The summed E-state index contributed by atoms with van der Waals surface area (Å²) in [6.45, 7) is 4.37. The molecule has 0 atom stereocenters. The van der Waals surface area contributed by atoms with Crippen molar-refractivity contribution in [1.82, 2.24) is 15.3 Å². The SMILES string of the molecule is Cc1cccc(C(=O)NCc2ncc[nH]2)c1C. The van der Waals surface area contributed by atoms with E-state index in [0.29, 0.717) is 6.54 Å². The van der Waals surface area contributed by atoms with Crippen molar-refractivity contribution in [1.29, 1.82) is 0 Å². The lowest BCUT2D eigenvalue weighted by atomic mass is 10.0. The Kier molecular flexibility index (Phi) is 3.23. The molecule has 1 aromatic heterocycles. The molecule has 88 valence electrons. The quantitative estimate of drug-likeness (QED) is 0.845. The van der Waals surface area contributed by atoms with Crippen molar-refractivity contribution in [3.8, 4) is 0 Å². The van der Waals surface area contributed by atoms with Gasteiger partial charge in [-0.15, -0.1) is 0 Å². The van der Waals surface area contributed by atoms with Crippen LogP contribution < -0.4 is 5.32 Å². The van der Waals surface area contributed by atoms with Crippen LogP contribution in [0.4, 0.5) is 0 Å². The third-order valence-electron chi connectivity index (χ3n) is 2.82. The fraction of sp³-hybridized carbons (Fsp3) is 0.231. The molecule has 1 aromatic carbocycles. The van der Waals surface area contributed by atoms with Gasteiger partial charge in [0.1, 0.15) is 5.82 Å². The molecular weight excluding hydrogens is 214 g/mol. The molecule has 0 radical (unpaired) electrons. The van der Waals surface area contributed by atoms with Crippen LogP contribution in [0.2, 0.25) is 0 Å². The summed E-state index contributed by atoms with van der Waals surface area (Å²) < 4.78 is 0. The zero-order chi connectivity index (χ0) is 12.3. The minimum atomic E-state index is -0.0670. The number of amides is 1. The largest absolute Gasteiger partial charge is 0.347 e. The van der Waals surface area contributed by atoms with Gasteiger partial charge in [0.2, 0.25) is 0 Å². The van der Waals surface area contributed by atoms with Gasteiger partial charge in [0.05, 0.1) is 6.54 Å². The van der Waals surface area contributed by atoms with Gasteiger partial charge < -0.3 is 10.3 Å². The predicted octanol–water partition coefficient (Wildman–Crippen LogP) is 1.96. The van der Waals surface area contributed by atoms with Crippen LogP contribution >= 0.6 is 0 Å². The van der Waals surface area contributed by atoms with E-state index in [2.05, 4.69) is 15.3 Å². The average Bonchev–Trinajstić information content (AvgIpc) is 2.82. The van der Waals surface area contributed by atoms with Gasteiger partial charge in [0.25, 0.3) is 5.91 Å². The molecule has 0 unspecified atom stereocenters. The third-order valence-corrected chi connectivity index (χ3v) is 2.82. The first-order valence-electron chi connectivity index (χ1n) is 5.51. The van der Waals surface area contributed by atoms with Crippen LogP contribution in [-0.4, -0.2) is 15.9 Å². The number of aryl methyl sites for hydroxylation is 1. The summed E-state index contributed by atoms with van der Waals surface area (Å²) in [7, 11) is 0. The number of carbonyl (C=O) groups is 1. The van der Waals surface area contributed by atoms with Gasteiger partial charge in [-0.3, -0.25) is 4.79 Å². The summed E-state index contributed by atoms with van der Waals surface area (Å²) in [6, 6.07) is 5.72. The zero-order valence-electron chi connectivity index (χ0n) is 9.95. The van der Waals surface area contributed by atoms with Gasteiger partial charge in [0.15, 0.2) is 0 Å². The normalized spacial score (nSPS) is 10.2. The molecule has 0 saturated heterocycles. The number of aromatic nitrogens is 2. The number of hydrogen-bond acceptors (Lipinski definition) is 2. The molecule has 2 N–H and O–H groups in total. The summed E-state index contributed by atoms with van der Waals surface area (Å²) in [4.78, 5) is 19.0. The van der Waals surface area contributed by atoms with Crippen molar-refractivity contribution in [2.45, 2.75) is 20.4 Å². The molecule has 0 spiro atoms. The topological polar surface area (TPSA) is 57.8 Å². The second kappa shape index (κ2) is 4.82. The maximum absolute atomic E-state index is 12.0. The number of rotatable bonds is 3. The third kappa shape index (κ3) is 2.53. The van der Waals surface area contributed by atoms with Gasteiger partial charge >= 0.3 is 0 Å². The van der Waals surface area contributed by atoms with E-state index in [0.717, 1.165) is 22.5 Å². The minimum absolute atomic E-state index is 0.0670. The van der Waals surface area contributed by atoms with Crippen LogP contribution in [0.3, 0.4) is 0 Å². The van der Waals surface area contributed by atoms with E-state index in [-0.39, 0.29) is 5.91 Å². The first kappa shape index (κ1) is 11.4. The first-order valence-corrected chi connectivity index (χ1v) is 5.51. The van der Waals surface area contributed by atoms with Crippen molar-refractivity contribution >= 4 is 5.91 Å². The van der Waals surface area contributed by atoms with Gasteiger partial charge in [-0.2, -0.15) is 0 Å². The molecular formula is C13H15N3O. The van der Waals surface area contributed by atoms with Crippen LogP contribution in [0, 0.1) is 13.8 Å². The number of imidazole rings is 1. The summed E-state index contributed by atoms with van der Waals surface area (Å²) in [5.41, 5.74) is 2.86. The summed E-state index contributed by atoms with van der Waals surface area (Å²) >= 11 is 0. The average molecular weight is 229 g/mol. The molecule has 2 aromatic rings. The van der Waals surface area contributed by atoms with Crippen molar-refractivity contribution in [2.75, 3.05) is 0 Å². The number of benzene rings is 1. The molecule has 1 amide bonds. The Bertz CT molecular complexity index is 517. The Morgan fingerprint density at radius 3 is 2.94 bits per heavy atom. The smallest absolute Gasteiger partial charge is 0.251 e. The van der Waals surface area contributed by atoms with Crippen LogP contribution in [-0.2, 0) is 6.54 Å². The molecule has 0 aliphatic carbocycles. The Morgan fingerprint density at radius 1 is 1.41 bits per heavy atom. The lowest BCUT2D eigenvalue weighted by Gasteiger charge is -2.08. The van der Waals surface area contributed by atoms with E-state index < -0.39 is 0 Å². The van der Waals surface area contributed by atoms with Crippen LogP contribution in [0.25, 0.3) is 0 Å². The van der Waals surface area contributed by atoms with E-state index >= 15 is 0 Å². The monoisotopic (exact) mass is 229 g/mol. The maximum Gasteiger partial charge on any atom is 0.251 e. The number of nitrogens with one attached hydrogen (secondary N) is 2. The van der Waals surface area contributed by atoms with E-state index in [1.165, 1.54) is 0 Å². The van der Waals surface area contributed by atoms with Crippen molar-refractivity contribution in [2.24, 2.45) is 0 Å². The maximum atomic E-state index is 12.0. The highest BCUT2D eigenvalue weighted by Crippen LogP contribution is 2.12. The summed E-state index contributed by atoms with van der Waals surface area (Å²) in [5, 5.41) is 2.84. The van der Waals surface area contributed by atoms with E-state index in [9.17, 15) is 4.79 Å². The van der Waals surface area contributed by atoms with Crippen molar-refractivity contribution < 1.29 is 4.79 Å². The lowest BCUT2D eigenvalue weighted by Crippen LogP contribution is -2.24. The summed E-state index contributed by atoms with van der Waals surface area (Å²) in [6.07, 6.45) is 3.40. The van der Waals surface area contributed by atoms with Crippen molar-refractivity contribution in [3.63, 3.8) is 0 Å². The Morgan fingerprint density at radius 2 is 2.24 bits per heavy atom. The Hall–Kier alpha value is -2.10. The highest BCUT2D eigenvalue weighted by atomic mass is 16.1. The first-order chi connectivity index (χ1) is 8.18.